The molecule has 1 fully saturated rings. The Morgan fingerprint density at radius 3 is 2.38 bits per heavy atom. The highest BCUT2D eigenvalue weighted by molar-refractivity contribution is 9.10. The first-order valence-electron chi connectivity index (χ1n) is 12.7. The van der Waals surface area contributed by atoms with Crippen molar-refractivity contribution in [3.63, 3.8) is 0 Å². The van der Waals surface area contributed by atoms with Crippen LogP contribution in [0, 0.1) is 0 Å². The number of ether oxygens (including phenoxy) is 2. The van der Waals surface area contributed by atoms with Gasteiger partial charge in [-0.3, -0.25) is 4.98 Å². The van der Waals surface area contributed by atoms with Crippen LogP contribution in [0.25, 0.3) is 10.9 Å². The van der Waals surface area contributed by atoms with Crippen molar-refractivity contribution in [1.29, 1.82) is 0 Å². The summed E-state index contributed by atoms with van der Waals surface area (Å²) in [6.45, 7) is 7.96. The summed E-state index contributed by atoms with van der Waals surface area (Å²) in [6, 6.07) is 9.20. The van der Waals surface area contributed by atoms with E-state index in [1.165, 1.54) is 23.2 Å². The molecule has 3 aromatic rings. The van der Waals surface area contributed by atoms with E-state index in [0.29, 0.717) is 15.4 Å². The minimum atomic E-state index is -4.65. The van der Waals surface area contributed by atoms with Crippen LogP contribution in [0.3, 0.4) is 0 Å². The fourth-order valence-corrected chi connectivity index (χ4v) is 4.74. The van der Waals surface area contributed by atoms with E-state index in [1.807, 2.05) is 0 Å². The largest absolute Gasteiger partial charge is 0.462 e. The van der Waals surface area contributed by atoms with E-state index in [4.69, 9.17) is 9.47 Å². The molecular formula is C28H30BrF3N4O4. The number of halogens is 4. The van der Waals surface area contributed by atoms with Crippen LogP contribution in [0.5, 0.6) is 0 Å². The van der Waals surface area contributed by atoms with Gasteiger partial charge in [-0.15, -0.1) is 0 Å². The maximum Gasteiger partial charge on any atom is 0.418 e. The second-order valence-electron chi connectivity index (χ2n) is 10.2. The summed E-state index contributed by atoms with van der Waals surface area (Å²) in [4.78, 5) is 32.5. The first-order chi connectivity index (χ1) is 18.8. The van der Waals surface area contributed by atoms with Crippen molar-refractivity contribution >= 4 is 56.0 Å². The van der Waals surface area contributed by atoms with E-state index in [0.717, 1.165) is 6.07 Å². The van der Waals surface area contributed by atoms with Crippen LogP contribution in [-0.4, -0.2) is 60.3 Å². The van der Waals surface area contributed by atoms with Gasteiger partial charge in [-0.25, -0.2) is 9.59 Å². The molecule has 2 aromatic carbocycles. The first kappa shape index (κ1) is 29.4. The van der Waals surface area contributed by atoms with Gasteiger partial charge in [-0.2, -0.15) is 13.2 Å². The van der Waals surface area contributed by atoms with E-state index < -0.39 is 29.4 Å². The fourth-order valence-electron chi connectivity index (χ4n) is 4.38. The number of esters is 1. The average molecular weight is 623 g/mol. The van der Waals surface area contributed by atoms with Gasteiger partial charge >= 0.3 is 18.2 Å². The molecule has 12 heteroatoms. The van der Waals surface area contributed by atoms with Gasteiger partial charge in [0.25, 0.3) is 0 Å². The van der Waals surface area contributed by atoms with E-state index in [1.54, 1.807) is 50.8 Å². The third kappa shape index (κ3) is 6.78. The Kier molecular flexibility index (Phi) is 8.48. The quantitative estimate of drug-likeness (QED) is 0.307. The summed E-state index contributed by atoms with van der Waals surface area (Å²) < 4.78 is 54.2. The normalized spacial score (nSPS) is 14.3. The molecule has 1 aromatic heterocycles. The van der Waals surface area contributed by atoms with Gasteiger partial charge in [-0.1, -0.05) is 15.9 Å². The molecule has 0 radical (unpaired) electrons. The molecule has 0 atom stereocenters. The number of amides is 1. The lowest BCUT2D eigenvalue weighted by Gasteiger charge is -2.37. The number of aromatic nitrogens is 1. The average Bonchev–Trinajstić information content (AvgIpc) is 2.87. The van der Waals surface area contributed by atoms with Gasteiger partial charge in [0.05, 0.1) is 23.4 Å². The molecule has 0 bridgehead atoms. The first-order valence-corrected chi connectivity index (χ1v) is 13.5. The number of pyridine rings is 1. The number of carbonyl (C=O) groups excluding carboxylic acids is 2. The monoisotopic (exact) mass is 622 g/mol. The van der Waals surface area contributed by atoms with E-state index >= 15 is 0 Å². The van der Waals surface area contributed by atoms with Crippen LogP contribution in [0.4, 0.5) is 35.0 Å². The van der Waals surface area contributed by atoms with Crippen molar-refractivity contribution in [3.8, 4) is 0 Å². The van der Waals surface area contributed by atoms with Crippen LogP contribution in [0.2, 0.25) is 0 Å². The Bertz CT molecular complexity index is 1420. The summed E-state index contributed by atoms with van der Waals surface area (Å²) in [5.74, 6) is -0.644. The number of hydrogen-bond donors (Lipinski definition) is 1. The summed E-state index contributed by atoms with van der Waals surface area (Å²) in [6.07, 6.45) is -3.79. The number of nitrogens with one attached hydrogen (secondary N) is 1. The molecule has 1 amide bonds. The minimum Gasteiger partial charge on any atom is -0.462 e. The second kappa shape index (κ2) is 11.5. The minimum absolute atomic E-state index is 0.00911. The predicted molar refractivity (Wildman–Crippen MR) is 150 cm³/mol. The Labute approximate surface area is 238 Å². The zero-order valence-corrected chi connectivity index (χ0v) is 24.1. The fraction of sp³-hybridized carbons (Fsp3) is 0.393. The number of fused-ring (bicyclic) bond motifs is 1. The van der Waals surface area contributed by atoms with Gasteiger partial charge in [0.15, 0.2) is 0 Å². The molecule has 1 N–H and O–H groups in total. The zero-order chi connectivity index (χ0) is 29.2. The van der Waals surface area contributed by atoms with Gasteiger partial charge in [0, 0.05) is 53.6 Å². The Morgan fingerprint density at radius 2 is 1.75 bits per heavy atom. The number of benzene rings is 2. The molecular weight excluding hydrogens is 593 g/mol. The van der Waals surface area contributed by atoms with Crippen molar-refractivity contribution in [2.75, 3.05) is 43.0 Å². The molecule has 0 saturated carbocycles. The molecule has 40 heavy (non-hydrogen) atoms. The highest BCUT2D eigenvalue weighted by atomic mass is 79.9. The summed E-state index contributed by atoms with van der Waals surface area (Å²) >= 11 is 3.40. The highest BCUT2D eigenvalue weighted by Crippen LogP contribution is 2.40. The van der Waals surface area contributed by atoms with E-state index in [-0.39, 0.29) is 55.4 Å². The maximum atomic E-state index is 14.3. The number of anilines is 3. The van der Waals surface area contributed by atoms with E-state index in [9.17, 15) is 22.8 Å². The topological polar surface area (TPSA) is 84.0 Å². The van der Waals surface area contributed by atoms with Crippen LogP contribution < -0.4 is 10.2 Å². The zero-order valence-electron chi connectivity index (χ0n) is 22.6. The standard InChI is InChI=1S/C28H30BrF3N4O4/c1-5-39-25(37)20-16-33-22-8-6-17(29)14-19(22)24(20)34-18-7-9-23(21(15-18)28(30,31)32)35-10-12-36(13-11-35)26(38)40-27(2,3)4/h6-9,14-16H,5,10-13H2,1-4H3,(H,33,34). The van der Waals surface area contributed by atoms with Crippen molar-refractivity contribution in [2.24, 2.45) is 0 Å². The number of rotatable bonds is 5. The summed E-state index contributed by atoms with van der Waals surface area (Å²) in [5, 5.41) is 3.56. The highest BCUT2D eigenvalue weighted by Gasteiger charge is 2.36. The number of alkyl halides is 3. The molecule has 1 saturated heterocycles. The van der Waals surface area contributed by atoms with Gasteiger partial charge < -0.3 is 24.6 Å². The lowest BCUT2D eigenvalue weighted by Crippen LogP contribution is -2.50. The molecule has 0 spiro atoms. The van der Waals surface area contributed by atoms with Crippen molar-refractivity contribution in [3.05, 3.63) is 58.2 Å². The van der Waals surface area contributed by atoms with Crippen LogP contribution in [0.15, 0.2) is 47.1 Å². The molecule has 0 unspecified atom stereocenters. The number of carbonyl (C=O) groups is 2. The van der Waals surface area contributed by atoms with Crippen LogP contribution in [-0.2, 0) is 15.7 Å². The Hall–Kier alpha value is -3.54. The lowest BCUT2D eigenvalue weighted by molar-refractivity contribution is -0.137. The van der Waals surface area contributed by atoms with Crippen molar-refractivity contribution in [1.82, 2.24) is 9.88 Å². The molecule has 1 aliphatic rings. The maximum absolute atomic E-state index is 14.3. The SMILES string of the molecule is CCOC(=O)c1cnc2ccc(Br)cc2c1Nc1ccc(N2CCN(C(=O)OC(C)(C)C)CC2)c(C(F)(F)F)c1. The van der Waals surface area contributed by atoms with Gasteiger partial charge in [-0.05, 0) is 64.1 Å². The second-order valence-corrected chi connectivity index (χ2v) is 11.2. The summed E-state index contributed by atoms with van der Waals surface area (Å²) in [5.41, 5.74) is -0.407. The lowest BCUT2D eigenvalue weighted by atomic mass is 10.1. The summed E-state index contributed by atoms with van der Waals surface area (Å²) in [7, 11) is 0. The molecule has 8 nitrogen and oxygen atoms in total. The number of nitrogens with zero attached hydrogens (tertiary/aromatic N) is 3. The Morgan fingerprint density at radius 1 is 1.05 bits per heavy atom. The molecule has 214 valence electrons. The number of hydrogen-bond acceptors (Lipinski definition) is 7. The molecule has 4 rings (SSSR count). The predicted octanol–water partition coefficient (Wildman–Crippen LogP) is 6.99. The molecule has 0 aliphatic carbocycles. The van der Waals surface area contributed by atoms with Crippen LogP contribution in [0.1, 0.15) is 43.6 Å². The van der Waals surface area contributed by atoms with Crippen molar-refractivity contribution < 1.29 is 32.2 Å². The van der Waals surface area contributed by atoms with Crippen molar-refractivity contribution in [2.45, 2.75) is 39.5 Å². The third-order valence-electron chi connectivity index (χ3n) is 6.17. The van der Waals surface area contributed by atoms with Gasteiger partial charge in [0.2, 0.25) is 0 Å². The van der Waals surface area contributed by atoms with Crippen LogP contribution >= 0.6 is 15.9 Å². The number of piperazine rings is 1. The Balaban J connectivity index is 1.66. The van der Waals surface area contributed by atoms with Gasteiger partial charge in [0.1, 0.15) is 11.2 Å². The molecule has 1 aliphatic heterocycles. The smallest absolute Gasteiger partial charge is 0.418 e. The molecule has 2 heterocycles. The third-order valence-corrected chi connectivity index (χ3v) is 6.66. The van der Waals surface area contributed by atoms with E-state index in [2.05, 4.69) is 26.2 Å².